The molecular formula is C6H11BF3K. The Morgan fingerprint density at radius 1 is 1.18 bits per heavy atom. The number of unbranched alkanes of at least 4 members (excludes halogenated alkanes) is 2. The van der Waals surface area contributed by atoms with Gasteiger partial charge in [-0.1, -0.05) is 25.2 Å². The van der Waals surface area contributed by atoms with Crippen LogP contribution in [-0.2, 0) is 0 Å². The van der Waals surface area contributed by atoms with Gasteiger partial charge < -0.3 is 12.9 Å². The van der Waals surface area contributed by atoms with Crippen LogP contribution >= 0.6 is 0 Å². The molecule has 60 valence electrons. The number of allylic oxidation sites excluding steroid dienone is 1. The molecule has 0 N–H and O–H groups in total. The van der Waals surface area contributed by atoms with Crippen LogP contribution in [-0.4, -0.2) is 6.98 Å². The average Bonchev–Trinajstić information content (AvgIpc) is 1.78. The summed E-state index contributed by atoms with van der Waals surface area (Å²) in [4.78, 5) is 0. The molecule has 0 saturated carbocycles. The second-order valence-electron chi connectivity index (χ2n) is 2.28. The van der Waals surface area contributed by atoms with Crippen LogP contribution in [0.2, 0.25) is 6.32 Å². The van der Waals surface area contributed by atoms with Gasteiger partial charge in [0.1, 0.15) is 0 Å². The molecule has 0 aliphatic heterocycles. The van der Waals surface area contributed by atoms with Crippen molar-refractivity contribution in [1.82, 2.24) is 0 Å². The van der Waals surface area contributed by atoms with E-state index in [1.807, 2.05) is 0 Å². The molecule has 0 aliphatic rings. The number of halogens is 3. The van der Waals surface area contributed by atoms with E-state index in [4.69, 9.17) is 0 Å². The number of rotatable bonds is 5. The molecule has 0 nitrogen and oxygen atoms in total. The number of hydrogen-bond acceptors (Lipinski definition) is 0. The molecule has 0 rings (SSSR count). The minimum absolute atomic E-state index is 0. The predicted octanol–water partition coefficient (Wildman–Crippen LogP) is 0.194. The largest absolute Gasteiger partial charge is 1.00 e. The van der Waals surface area contributed by atoms with Crippen LogP contribution in [0.3, 0.4) is 0 Å². The SMILES string of the molecule is C=CCCCC[B-](F)(F)F.[K+]. The van der Waals surface area contributed by atoms with E-state index < -0.39 is 13.3 Å². The first-order valence-corrected chi connectivity index (χ1v) is 3.38. The van der Waals surface area contributed by atoms with Crippen molar-refractivity contribution >= 4 is 6.98 Å². The van der Waals surface area contributed by atoms with Crippen LogP contribution < -0.4 is 51.4 Å². The Balaban J connectivity index is 0. The monoisotopic (exact) mass is 190 g/mol. The summed E-state index contributed by atoms with van der Waals surface area (Å²) in [5.74, 6) is 0. The first-order valence-electron chi connectivity index (χ1n) is 3.38. The second kappa shape index (κ2) is 7.86. The Bertz CT molecular complexity index is 102. The van der Waals surface area contributed by atoms with E-state index in [1.54, 1.807) is 6.08 Å². The van der Waals surface area contributed by atoms with Crippen LogP contribution in [0, 0.1) is 0 Å². The molecule has 0 bridgehead atoms. The Labute approximate surface area is 108 Å². The van der Waals surface area contributed by atoms with Gasteiger partial charge in [-0.25, -0.2) is 0 Å². The van der Waals surface area contributed by atoms with E-state index in [2.05, 4.69) is 6.58 Å². The maximum atomic E-state index is 11.5. The minimum atomic E-state index is -4.55. The molecule has 0 saturated heterocycles. The molecule has 0 aromatic heterocycles. The summed E-state index contributed by atoms with van der Waals surface area (Å²) >= 11 is 0. The van der Waals surface area contributed by atoms with Crippen molar-refractivity contribution in [2.75, 3.05) is 0 Å². The van der Waals surface area contributed by atoms with E-state index >= 15 is 0 Å². The van der Waals surface area contributed by atoms with Gasteiger partial charge in [-0.3, -0.25) is 0 Å². The summed E-state index contributed by atoms with van der Waals surface area (Å²) < 4.78 is 34.6. The first kappa shape index (κ1) is 14.7. The van der Waals surface area contributed by atoms with Gasteiger partial charge in [0.15, 0.2) is 0 Å². The van der Waals surface area contributed by atoms with Gasteiger partial charge >= 0.3 is 58.4 Å². The fourth-order valence-corrected chi connectivity index (χ4v) is 0.664. The molecule has 0 radical (unpaired) electrons. The van der Waals surface area contributed by atoms with Crippen molar-refractivity contribution in [3.05, 3.63) is 12.7 Å². The van der Waals surface area contributed by atoms with Gasteiger partial charge in [-0.15, -0.1) is 6.58 Å². The zero-order valence-corrected chi connectivity index (χ0v) is 9.95. The Morgan fingerprint density at radius 2 is 1.73 bits per heavy atom. The summed E-state index contributed by atoms with van der Waals surface area (Å²) in [6.45, 7) is -1.13. The van der Waals surface area contributed by atoms with E-state index in [9.17, 15) is 12.9 Å². The zero-order valence-electron chi connectivity index (χ0n) is 6.82. The molecule has 0 unspecified atom stereocenters. The minimum Gasteiger partial charge on any atom is -0.449 e. The summed E-state index contributed by atoms with van der Waals surface area (Å²) in [7, 11) is 0. The van der Waals surface area contributed by atoms with Crippen LogP contribution in [0.4, 0.5) is 12.9 Å². The topological polar surface area (TPSA) is 0 Å². The van der Waals surface area contributed by atoms with Gasteiger partial charge in [0.05, 0.1) is 0 Å². The van der Waals surface area contributed by atoms with Gasteiger partial charge in [-0.2, -0.15) is 0 Å². The van der Waals surface area contributed by atoms with Gasteiger partial charge in [0, 0.05) is 0 Å². The molecule has 0 aliphatic carbocycles. The van der Waals surface area contributed by atoms with Gasteiger partial charge in [0.2, 0.25) is 0 Å². The van der Waals surface area contributed by atoms with Gasteiger partial charge in [0.25, 0.3) is 0 Å². The number of hydrogen-bond donors (Lipinski definition) is 0. The quantitative estimate of drug-likeness (QED) is 0.330. The van der Waals surface area contributed by atoms with Crippen LogP contribution in [0.15, 0.2) is 12.7 Å². The van der Waals surface area contributed by atoms with Crippen molar-refractivity contribution in [3.8, 4) is 0 Å². The molecule has 0 aromatic rings. The molecule has 0 spiro atoms. The summed E-state index contributed by atoms with van der Waals surface area (Å²) in [6, 6.07) is 0. The van der Waals surface area contributed by atoms with E-state index in [1.165, 1.54) is 0 Å². The van der Waals surface area contributed by atoms with Crippen molar-refractivity contribution in [2.45, 2.75) is 25.6 Å². The standard InChI is InChI=1S/C6H11BF3.K/c1-2-3-4-5-6-7(8,9)10;/h2H,1,3-6H2;/q-1;+1. The Morgan fingerprint density at radius 3 is 2.09 bits per heavy atom. The van der Waals surface area contributed by atoms with Gasteiger partial charge in [-0.05, 0) is 6.42 Å². The third-order valence-electron chi connectivity index (χ3n) is 1.19. The second-order valence-corrected chi connectivity index (χ2v) is 2.28. The summed E-state index contributed by atoms with van der Waals surface area (Å²) in [6.07, 6.45) is 2.57. The van der Waals surface area contributed by atoms with Crippen molar-refractivity contribution in [1.29, 1.82) is 0 Å². The van der Waals surface area contributed by atoms with Crippen LogP contribution in [0.25, 0.3) is 0 Å². The first-order chi connectivity index (χ1) is 4.56. The molecule has 0 fully saturated rings. The molecule has 0 atom stereocenters. The summed E-state index contributed by atoms with van der Waals surface area (Å²) in [5, 5.41) is 0. The fourth-order valence-electron chi connectivity index (χ4n) is 0.664. The Hall–Kier alpha value is 1.23. The van der Waals surface area contributed by atoms with Crippen molar-refractivity contribution in [2.24, 2.45) is 0 Å². The maximum absolute atomic E-state index is 11.5. The third kappa shape index (κ3) is 14.1. The molecule has 5 heteroatoms. The maximum Gasteiger partial charge on any atom is 1.00 e. The van der Waals surface area contributed by atoms with Crippen LogP contribution in [0.1, 0.15) is 19.3 Å². The summed E-state index contributed by atoms with van der Waals surface area (Å²) in [5.41, 5.74) is 0. The van der Waals surface area contributed by atoms with E-state index in [0.717, 1.165) is 0 Å². The average molecular weight is 190 g/mol. The normalized spacial score (nSPS) is 10.5. The van der Waals surface area contributed by atoms with Crippen molar-refractivity contribution in [3.63, 3.8) is 0 Å². The zero-order chi connectivity index (χ0) is 8.04. The van der Waals surface area contributed by atoms with Crippen molar-refractivity contribution < 1.29 is 64.3 Å². The fraction of sp³-hybridized carbons (Fsp3) is 0.667. The molecule has 0 heterocycles. The molecular weight excluding hydrogens is 179 g/mol. The third-order valence-corrected chi connectivity index (χ3v) is 1.19. The Kier molecular flexibility index (Phi) is 10.5. The molecule has 11 heavy (non-hydrogen) atoms. The van der Waals surface area contributed by atoms with E-state index in [0.29, 0.717) is 12.8 Å². The van der Waals surface area contributed by atoms with E-state index in [-0.39, 0.29) is 57.8 Å². The van der Waals surface area contributed by atoms with Crippen LogP contribution in [0.5, 0.6) is 0 Å². The molecule has 0 amide bonds. The predicted molar refractivity (Wildman–Crippen MR) is 37.9 cm³/mol. The molecule has 0 aromatic carbocycles. The smallest absolute Gasteiger partial charge is 0.449 e.